The molecule has 1 unspecified atom stereocenters. The largest absolute Gasteiger partial charge is 0.293 e. The van der Waals surface area contributed by atoms with Crippen LogP contribution >= 0.6 is 22.9 Å². The topological polar surface area (TPSA) is 17.1 Å². The van der Waals surface area contributed by atoms with Crippen LogP contribution in [0, 0.1) is 0 Å². The number of rotatable bonds is 2. The maximum absolute atomic E-state index is 12.6. The molecule has 1 aliphatic rings. The van der Waals surface area contributed by atoms with Crippen LogP contribution in [0.5, 0.6) is 0 Å². The molecule has 0 N–H and O–H groups in total. The lowest BCUT2D eigenvalue weighted by Gasteiger charge is -2.24. The molecule has 2 aromatic rings. The number of hydrogen-bond acceptors (Lipinski definition) is 2. The number of aryl methyl sites for hydroxylation is 1. The zero-order valence-electron chi connectivity index (χ0n) is 9.86. The number of ketones is 1. The van der Waals surface area contributed by atoms with Gasteiger partial charge in [0.15, 0.2) is 5.78 Å². The Morgan fingerprint density at radius 2 is 2.11 bits per heavy atom. The first-order chi connectivity index (χ1) is 8.77. The van der Waals surface area contributed by atoms with Crippen molar-refractivity contribution in [1.29, 1.82) is 0 Å². The predicted molar refractivity (Wildman–Crippen MR) is 75.8 cm³/mol. The normalized spacial score (nSPS) is 18.4. The van der Waals surface area contributed by atoms with Crippen LogP contribution in [0.25, 0.3) is 0 Å². The molecular formula is C15H13ClOS. The molecule has 3 heteroatoms. The zero-order chi connectivity index (χ0) is 12.5. The van der Waals surface area contributed by atoms with Gasteiger partial charge in [-0.05, 0) is 41.8 Å². The SMILES string of the molecule is O=C(c1sccc1Cl)C1CCCc2ccccc21. The van der Waals surface area contributed by atoms with E-state index in [0.29, 0.717) is 9.90 Å². The Morgan fingerprint density at radius 1 is 1.28 bits per heavy atom. The van der Waals surface area contributed by atoms with E-state index in [9.17, 15) is 4.79 Å². The van der Waals surface area contributed by atoms with E-state index < -0.39 is 0 Å². The van der Waals surface area contributed by atoms with E-state index in [1.54, 1.807) is 6.07 Å². The van der Waals surface area contributed by atoms with Gasteiger partial charge >= 0.3 is 0 Å². The second-order valence-corrected chi connectivity index (χ2v) is 5.93. The van der Waals surface area contributed by atoms with Crippen molar-refractivity contribution in [3.8, 4) is 0 Å². The molecule has 0 aliphatic heterocycles. The summed E-state index contributed by atoms with van der Waals surface area (Å²) in [6, 6.07) is 10.1. The zero-order valence-corrected chi connectivity index (χ0v) is 11.4. The molecule has 3 rings (SSSR count). The van der Waals surface area contributed by atoms with Gasteiger partial charge in [-0.25, -0.2) is 0 Å². The lowest BCUT2D eigenvalue weighted by molar-refractivity contribution is 0.0955. The second kappa shape index (κ2) is 4.87. The number of thiophene rings is 1. The van der Waals surface area contributed by atoms with Gasteiger partial charge in [0.05, 0.1) is 9.90 Å². The van der Waals surface area contributed by atoms with E-state index in [2.05, 4.69) is 12.1 Å². The van der Waals surface area contributed by atoms with Crippen LogP contribution in [0.2, 0.25) is 5.02 Å². The van der Waals surface area contributed by atoms with Crippen molar-refractivity contribution >= 4 is 28.7 Å². The van der Waals surface area contributed by atoms with Gasteiger partial charge in [-0.1, -0.05) is 35.9 Å². The molecule has 0 saturated carbocycles. The molecule has 92 valence electrons. The molecule has 18 heavy (non-hydrogen) atoms. The minimum Gasteiger partial charge on any atom is -0.293 e. The summed E-state index contributed by atoms with van der Waals surface area (Å²) in [5, 5.41) is 2.47. The lowest BCUT2D eigenvalue weighted by Crippen LogP contribution is -2.18. The van der Waals surface area contributed by atoms with E-state index in [1.807, 2.05) is 17.5 Å². The van der Waals surface area contributed by atoms with Crippen LogP contribution in [0.3, 0.4) is 0 Å². The van der Waals surface area contributed by atoms with Gasteiger partial charge in [-0.2, -0.15) is 0 Å². The highest BCUT2D eigenvalue weighted by atomic mass is 35.5. The fraction of sp³-hybridized carbons (Fsp3) is 0.267. The summed E-state index contributed by atoms with van der Waals surface area (Å²) in [5.41, 5.74) is 2.51. The molecule has 1 aliphatic carbocycles. The summed E-state index contributed by atoms with van der Waals surface area (Å²) in [6.45, 7) is 0. The summed E-state index contributed by atoms with van der Waals surface area (Å²) in [5.74, 6) is 0.174. The van der Waals surface area contributed by atoms with Crippen molar-refractivity contribution in [1.82, 2.24) is 0 Å². The Labute approximate surface area is 115 Å². The van der Waals surface area contributed by atoms with Gasteiger partial charge in [-0.3, -0.25) is 4.79 Å². The number of hydrogen-bond donors (Lipinski definition) is 0. The van der Waals surface area contributed by atoms with Gasteiger partial charge < -0.3 is 0 Å². The molecule has 0 radical (unpaired) electrons. The van der Waals surface area contributed by atoms with Crippen molar-refractivity contribution in [2.75, 3.05) is 0 Å². The van der Waals surface area contributed by atoms with E-state index in [-0.39, 0.29) is 11.7 Å². The standard InChI is InChI=1S/C15H13ClOS/c16-13-8-9-18-15(13)14(17)12-7-3-5-10-4-1-2-6-11(10)12/h1-2,4,6,8-9,12H,3,5,7H2. The number of carbonyl (C=O) groups excluding carboxylic acids is 1. The maximum atomic E-state index is 12.6. The minimum absolute atomic E-state index is 0.00824. The first kappa shape index (κ1) is 11.9. The number of carbonyl (C=O) groups is 1. The average molecular weight is 277 g/mol. The van der Waals surface area contributed by atoms with E-state index >= 15 is 0 Å². The van der Waals surface area contributed by atoms with Crippen molar-refractivity contribution in [2.45, 2.75) is 25.2 Å². The Hall–Kier alpha value is -1.12. The van der Waals surface area contributed by atoms with Crippen LogP contribution in [0.1, 0.15) is 39.6 Å². The lowest BCUT2D eigenvalue weighted by atomic mass is 9.80. The van der Waals surface area contributed by atoms with Crippen LogP contribution in [-0.2, 0) is 6.42 Å². The fourth-order valence-corrected chi connectivity index (χ4v) is 3.80. The fourth-order valence-electron chi connectivity index (χ4n) is 2.65. The third-order valence-electron chi connectivity index (χ3n) is 3.53. The van der Waals surface area contributed by atoms with Gasteiger partial charge in [0.2, 0.25) is 0 Å². The molecular weight excluding hydrogens is 264 g/mol. The minimum atomic E-state index is -0.00824. The predicted octanol–water partition coefficient (Wildman–Crippen LogP) is 4.70. The highest BCUT2D eigenvalue weighted by Gasteiger charge is 2.28. The second-order valence-electron chi connectivity index (χ2n) is 4.61. The molecule has 0 spiro atoms. The molecule has 0 saturated heterocycles. The molecule has 0 bridgehead atoms. The molecule has 1 atom stereocenters. The monoisotopic (exact) mass is 276 g/mol. The van der Waals surface area contributed by atoms with E-state index in [1.165, 1.54) is 22.5 Å². The molecule has 1 aromatic carbocycles. The van der Waals surface area contributed by atoms with Crippen molar-refractivity contribution in [3.63, 3.8) is 0 Å². The highest BCUT2D eigenvalue weighted by Crippen LogP contribution is 2.36. The summed E-state index contributed by atoms with van der Waals surface area (Å²) in [6.07, 6.45) is 3.10. The summed E-state index contributed by atoms with van der Waals surface area (Å²) in [7, 11) is 0. The number of benzene rings is 1. The molecule has 1 heterocycles. The molecule has 1 nitrogen and oxygen atoms in total. The van der Waals surface area contributed by atoms with Crippen LogP contribution < -0.4 is 0 Å². The number of halogens is 1. The van der Waals surface area contributed by atoms with Gasteiger partial charge in [0, 0.05) is 5.92 Å². The van der Waals surface area contributed by atoms with Crippen molar-refractivity contribution in [2.24, 2.45) is 0 Å². The summed E-state index contributed by atoms with van der Waals surface area (Å²) in [4.78, 5) is 13.3. The Kier molecular flexibility index (Phi) is 3.23. The molecule has 0 fully saturated rings. The Bertz CT molecular complexity index is 588. The van der Waals surface area contributed by atoms with E-state index in [0.717, 1.165) is 19.3 Å². The third-order valence-corrected chi connectivity index (χ3v) is 4.88. The number of Topliss-reactive ketones (excluding diaryl/α,β-unsaturated/α-hetero) is 1. The maximum Gasteiger partial charge on any atom is 0.181 e. The van der Waals surface area contributed by atoms with Gasteiger partial charge in [0.1, 0.15) is 0 Å². The van der Waals surface area contributed by atoms with Crippen LogP contribution in [0.4, 0.5) is 0 Å². The highest BCUT2D eigenvalue weighted by molar-refractivity contribution is 7.12. The van der Waals surface area contributed by atoms with Crippen molar-refractivity contribution < 1.29 is 4.79 Å². The molecule has 0 amide bonds. The number of fused-ring (bicyclic) bond motifs is 1. The van der Waals surface area contributed by atoms with Gasteiger partial charge in [-0.15, -0.1) is 11.3 Å². The molecule has 1 aromatic heterocycles. The summed E-state index contributed by atoms with van der Waals surface area (Å²) >= 11 is 7.52. The smallest absolute Gasteiger partial charge is 0.181 e. The Morgan fingerprint density at radius 3 is 2.89 bits per heavy atom. The quantitative estimate of drug-likeness (QED) is 0.727. The Balaban J connectivity index is 2.00. The first-order valence-corrected chi connectivity index (χ1v) is 7.38. The van der Waals surface area contributed by atoms with E-state index in [4.69, 9.17) is 11.6 Å². The average Bonchev–Trinajstić information content (AvgIpc) is 2.83. The van der Waals surface area contributed by atoms with Gasteiger partial charge in [0.25, 0.3) is 0 Å². The van der Waals surface area contributed by atoms with Crippen LogP contribution in [-0.4, -0.2) is 5.78 Å². The first-order valence-electron chi connectivity index (χ1n) is 6.12. The third kappa shape index (κ3) is 2.00. The van der Waals surface area contributed by atoms with Crippen molar-refractivity contribution in [3.05, 3.63) is 56.7 Å². The van der Waals surface area contributed by atoms with Crippen LogP contribution in [0.15, 0.2) is 35.7 Å². The summed E-state index contributed by atoms with van der Waals surface area (Å²) < 4.78 is 0.